The van der Waals surface area contributed by atoms with Crippen molar-refractivity contribution in [2.45, 2.75) is 101 Å². The zero-order valence-corrected chi connectivity index (χ0v) is 42.9. The van der Waals surface area contributed by atoms with Crippen molar-refractivity contribution in [1.29, 1.82) is 0 Å². The van der Waals surface area contributed by atoms with E-state index in [1.807, 2.05) is 62.4 Å². The molecule has 2 aromatic carbocycles. The zero-order chi connectivity index (χ0) is 49.5. The van der Waals surface area contributed by atoms with E-state index in [0.29, 0.717) is 57.8 Å². The second-order valence-corrected chi connectivity index (χ2v) is 18.5. The van der Waals surface area contributed by atoms with Gasteiger partial charge in [0.05, 0.1) is 81.7 Å². The number of urea groups is 2. The van der Waals surface area contributed by atoms with Crippen LogP contribution in [-0.2, 0) is 54.4 Å². The van der Waals surface area contributed by atoms with Crippen LogP contribution in [0.25, 0.3) is 22.8 Å². The molecule has 6 aliphatic rings. The number of hydrogen-bond acceptors (Lipinski definition) is 16. The summed E-state index contributed by atoms with van der Waals surface area (Å²) in [5.41, 5.74) is 7.90. The summed E-state index contributed by atoms with van der Waals surface area (Å²) >= 11 is 3.23. The molecule has 0 aliphatic carbocycles. The Hall–Kier alpha value is -5.10. The van der Waals surface area contributed by atoms with E-state index in [-0.39, 0.29) is 59.0 Å². The van der Waals surface area contributed by atoms with Gasteiger partial charge in [-0.3, -0.25) is 4.90 Å². The number of aromatic nitrogens is 4. The van der Waals surface area contributed by atoms with E-state index < -0.39 is 0 Å². The number of morpholine rings is 2. The predicted octanol–water partition coefficient (Wildman–Crippen LogP) is 7.06. The van der Waals surface area contributed by atoms with Crippen LogP contribution in [0.5, 0.6) is 0 Å². The van der Waals surface area contributed by atoms with Gasteiger partial charge in [-0.15, -0.1) is 0 Å². The van der Waals surface area contributed by atoms with Crippen LogP contribution in [0.4, 0.5) is 32.6 Å². The van der Waals surface area contributed by atoms with E-state index in [2.05, 4.69) is 71.1 Å². The number of ether oxygens (including phenoxy) is 6. The fraction of sp³-hybridized carbons (Fsp3) is 0.585. The average molecular weight is 1090 g/mol. The number of nitrogens with one attached hydrogen (secondary N) is 5. The van der Waals surface area contributed by atoms with Crippen molar-refractivity contribution in [3.8, 4) is 22.8 Å². The van der Waals surface area contributed by atoms with E-state index in [4.69, 9.17) is 48.4 Å². The number of benzene rings is 2. The lowest BCUT2D eigenvalue weighted by molar-refractivity contribution is -0.0641. The number of carbonyl (C=O) groups is 2. The second-order valence-electron chi connectivity index (χ2n) is 17.9. The molecule has 4 amide bonds. The molecule has 2 atom stereocenters. The monoisotopic (exact) mass is 1090 g/mol. The van der Waals surface area contributed by atoms with Crippen LogP contribution in [0.2, 0.25) is 0 Å². The molecule has 0 spiro atoms. The molecule has 2 aromatic heterocycles. The van der Waals surface area contributed by atoms with Crippen LogP contribution in [0.15, 0.2) is 48.5 Å². The number of hydrogen-bond donors (Lipinski definition) is 5. The molecule has 5 N–H and O–H groups in total. The van der Waals surface area contributed by atoms with Crippen molar-refractivity contribution in [2.24, 2.45) is 0 Å². The van der Waals surface area contributed by atoms with Crippen LogP contribution < -0.4 is 36.4 Å². The molecule has 0 bridgehead atoms. The quantitative estimate of drug-likeness (QED) is 0.0952. The lowest BCUT2D eigenvalue weighted by Gasteiger charge is -2.38. The summed E-state index contributed by atoms with van der Waals surface area (Å²) in [5, 5.41) is 15.3. The van der Waals surface area contributed by atoms with E-state index in [9.17, 15) is 9.59 Å². The van der Waals surface area contributed by atoms with Crippen molar-refractivity contribution in [3.63, 3.8) is 0 Å². The Morgan fingerprint density at radius 3 is 1.57 bits per heavy atom. The van der Waals surface area contributed by atoms with E-state index >= 15 is 0 Å². The molecule has 0 unspecified atom stereocenters. The van der Waals surface area contributed by atoms with Crippen molar-refractivity contribution in [2.75, 3.05) is 124 Å². The number of nitrogens with zero attached hydrogens (tertiary/aromatic N) is 7. The maximum absolute atomic E-state index is 11.8. The van der Waals surface area contributed by atoms with Gasteiger partial charge in [0.1, 0.15) is 11.6 Å². The molecule has 8 heterocycles. The van der Waals surface area contributed by atoms with Crippen LogP contribution in [0.1, 0.15) is 72.5 Å². The highest BCUT2D eigenvalue weighted by molar-refractivity contribution is 9.09. The first-order chi connectivity index (χ1) is 34.7. The number of alkyl halides is 1. The molecule has 4 aromatic rings. The minimum Gasteiger partial charge on any atom is -0.377 e. The lowest BCUT2D eigenvalue weighted by Crippen LogP contribution is -2.46. The molecule has 6 aliphatic heterocycles. The highest BCUT2D eigenvalue weighted by Gasteiger charge is 2.31. The summed E-state index contributed by atoms with van der Waals surface area (Å²) in [5.74, 6) is 3.45. The van der Waals surface area contributed by atoms with Crippen molar-refractivity contribution in [3.05, 3.63) is 71.0 Å². The topological polar surface area (TPSA) is 211 Å². The van der Waals surface area contributed by atoms with Crippen molar-refractivity contribution in [1.82, 2.24) is 40.8 Å². The van der Waals surface area contributed by atoms with Crippen molar-refractivity contribution < 1.29 is 38.0 Å². The molecule has 20 nitrogen and oxygen atoms in total. The molecule has 4 saturated heterocycles. The Morgan fingerprint density at radius 1 is 0.635 bits per heavy atom. The van der Waals surface area contributed by atoms with E-state index in [0.717, 1.165) is 129 Å². The van der Waals surface area contributed by atoms with Gasteiger partial charge >= 0.3 is 12.1 Å². The first-order valence-corrected chi connectivity index (χ1v) is 26.1. The van der Waals surface area contributed by atoms with E-state index in [1.54, 1.807) is 0 Å². The van der Waals surface area contributed by atoms with E-state index in [1.165, 1.54) is 11.1 Å². The van der Waals surface area contributed by atoms with Crippen LogP contribution in [0, 0.1) is 0 Å². The summed E-state index contributed by atoms with van der Waals surface area (Å²) in [7, 11) is 0. The molecular formula is C53H81BrN12O8. The first kappa shape index (κ1) is 59.8. The number of amides is 4. The largest absolute Gasteiger partial charge is 0.377 e. The summed E-state index contributed by atoms with van der Waals surface area (Å²) in [6.07, 6.45) is 1.67. The third-order valence-corrected chi connectivity index (χ3v) is 13.2. The molecular weight excluding hydrogens is 1010 g/mol. The standard InChI is InChI=1S/C25H34N6O4.C21H28N6O2.C4H7BrO2.3CH4/c1-3-26-25(32)27-19-6-4-18(5-7-19)23-28-21-14-30(15-22-34-12-13-35-22)9-8-20(21)24(29-23)31-10-11-33-16-17(31)2;1-3-23-21(28)24-16-6-4-15(5-7-16)19-25-18-12-22-9-8-17(18)20(26-19)27-10-11-29-13-14(27)2;5-3-4-6-1-2-7-4;;;/h4-7,17,22H,3,8-16H2,1-2H3,(H2,26,27,32);4-7,14,22H,3,8-13H2,1-2H3,(H2,23,24,28);4H,1-3H2;3*1H4/t17-;14-;;;;/m00..../s1. The molecule has 4 fully saturated rings. The van der Waals surface area contributed by atoms with Gasteiger partial charge in [-0.05, 0) is 95.6 Å². The summed E-state index contributed by atoms with van der Waals surface area (Å²) in [6, 6.07) is 15.4. The molecule has 0 radical (unpaired) electrons. The Bertz CT molecular complexity index is 2360. The molecule has 74 heavy (non-hydrogen) atoms. The van der Waals surface area contributed by atoms with Crippen LogP contribution in [0.3, 0.4) is 0 Å². The zero-order valence-electron chi connectivity index (χ0n) is 41.3. The average Bonchev–Trinajstić information content (AvgIpc) is 4.13. The second kappa shape index (κ2) is 29.8. The number of rotatable bonds is 11. The normalized spacial score (nSPS) is 19.6. The highest BCUT2D eigenvalue weighted by atomic mass is 79.9. The molecule has 10 rings (SSSR count). The van der Waals surface area contributed by atoms with Gasteiger partial charge in [0.2, 0.25) is 0 Å². The Labute approximate surface area is 446 Å². The van der Waals surface area contributed by atoms with Crippen molar-refractivity contribution >= 4 is 51.0 Å². The first-order valence-electron chi connectivity index (χ1n) is 24.9. The number of halogens is 1. The number of carbonyl (C=O) groups excluding carboxylic acids is 2. The third-order valence-electron chi connectivity index (χ3n) is 12.7. The minimum absolute atomic E-state index is 0. The maximum atomic E-state index is 11.8. The minimum atomic E-state index is -0.218. The Morgan fingerprint density at radius 2 is 1.11 bits per heavy atom. The van der Waals surface area contributed by atoms with Gasteiger partial charge in [-0.25, -0.2) is 29.5 Å². The smallest absolute Gasteiger partial charge is 0.319 e. The third kappa shape index (κ3) is 16.0. The summed E-state index contributed by atoms with van der Waals surface area (Å²) < 4.78 is 32.7. The maximum Gasteiger partial charge on any atom is 0.319 e. The van der Waals surface area contributed by atoms with Gasteiger partial charge in [0.15, 0.2) is 24.2 Å². The number of anilines is 4. The van der Waals surface area contributed by atoms with Crippen LogP contribution in [-0.4, -0.2) is 166 Å². The number of fused-ring (bicyclic) bond motifs is 2. The highest BCUT2D eigenvalue weighted by Crippen LogP contribution is 2.33. The molecule has 408 valence electrons. The van der Waals surface area contributed by atoms with Crippen LogP contribution >= 0.6 is 15.9 Å². The summed E-state index contributed by atoms with van der Waals surface area (Å²) in [4.78, 5) is 50.5. The lowest BCUT2D eigenvalue weighted by atomic mass is 10.0. The molecule has 0 saturated carbocycles. The SMILES string of the molecule is BrCC1OCCO1.C.C.C.CCNC(=O)Nc1ccc(-c2nc3c(c(N4CCOC[C@@H]4C)n2)CCN(CC2OCCO2)C3)cc1.CCNC(=O)Nc1ccc(-c2nc3c(c(N4CCOC[C@@H]4C)n2)CCNC3)cc1. The summed E-state index contributed by atoms with van der Waals surface area (Å²) in [6.45, 7) is 20.7. The van der Waals surface area contributed by atoms with Gasteiger partial charge in [-0.1, -0.05) is 38.2 Å². The Balaban J connectivity index is 0.000000236. The van der Waals surface area contributed by atoms with Gasteiger partial charge in [0, 0.05) is 86.0 Å². The van der Waals surface area contributed by atoms with Gasteiger partial charge in [-0.2, -0.15) is 0 Å². The fourth-order valence-corrected chi connectivity index (χ4v) is 9.45. The Kier molecular flexibility index (Phi) is 24.1. The van der Waals surface area contributed by atoms with Gasteiger partial charge < -0.3 is 64.8 Å². The molecule has 21 heteroatoms. The fourth-order valence-electron chi connectivity index (χ4n) is 9.07. The van der Waals surface area contributed by atoms with Gasteiger partial charge in [0.25, 0.3) is 0 Å². The predicted molar refractivity (Wildman–Crippen MR) is 295 cm³/mol.